The molecule has 0 bridgehead atoms. The fourth-order valence-corrected chi connectivity index (χ4v) is 3.58. The molecule has 2 aromatic carbocycles. The fourth-order valence-electron chi connectivity index (χ4n) is 3.58. The number of nitrogens with zero attached hydrogens (tertiary/aromatic N) is 1. The number of ether oxygens (including phenoxy) is 2. The van der Waals surface area contributed by atoms with Gasteiger partial charge in [0.25, 0.3) is 0 Å². The maximum absolute atomic E-state index is 12.3. The van der Waals surface area contributed by atoms with E-state index in [1.54, 1.807) is 7.11 Å². The first-order valence-corrected chi connectivity index (χ1v) is 9.76. The Hall–Kier alpha value is -3.28. The highest BCUT2D eigenvalue weighted by Crippen LogP contribution is 2.33. The molecule has 1 atom stereocenters. The van der Waals surface area contributed by atoms with Crippen molar-refractivity contribution in [2.45, 2.75) is 32.3 Å². The van der Waals surface area contributed by atoms with E-state index in [0.717, 1.165) is 29.0 Å². The second-order valence-corrected chi connectivity index (χ2v) is 7.23. The second-order valence-electron chi connectivity index (χ2n) is 7.23. The monoisotopic (exact) mass is 392 g/mol. The van der Waals surface area contributed by atoms with E-state index in [2.05, 4.69) is 23.5 Å². The van der Waals surface area contributed by atoms with E-state index in [9.17, 15) is 4.79 Å². The number of fused-ring (bicyclic) bond motifs is 1. The molecule has 0 radical (unpaired) electrons. The van der Waals surface area contributed by atoms with Gasteiger partial charge in [-0.25, -0.2) is 0 Å². The molecule has 150 valence electrons. The number of benzene rings is 2. The van der Waals surface area contributed by atoms with Gasteiger partial charge in [-0.3, -0.25) is 4.79 Å². The molecule has 6 heteroatoms. The molecule has 1 aliphatic rings. The van der Waals surface area contributed by atoms with Crippen LogP contribution in [-0.4, -0.2) is 30.8 Å². The highest BCUT2D eigenvalue weighted by molar-refractivity contribution is 5.78. The Morgan fingerprint density at radius 2 is 2.10 bits per heavy atom. The summed E-state index contributed by atoms with van der Waals surface area (Å²) < 4.78 is 16.5. The predicted octanol–water partition coefficient (Wildman–Crippen LogP) is 3.58. The van der Waals surface area contributed by atoms with Crippen LogP contribution in [0.2, 0.25) is 0 Å². The Morgan fingerprint density at radius 3 is 2.97 bits per heavy atom. The van der Waals surface area contributed by atoms with Gasteiger partial charge in [0.1, 0.15) is 17.6 Å². The first-order chi connectivity index (χ1) is 14.1. The number of hydrogen-bond donors (Lipinski definition) is 1. The van der Waals surface area contributed by atoms with Crippen molar-refractivity contribution in [2.24, 2.45) is 0 Å². The van der Waals surface area contributed by atoms with E-state index in [4.69, 9.17) is 14.0 Å². The van der Waals surface area contributed by atoms with Gasteiger partial charge in [-0.2, -0.15) is 0 Å². The predicted molar refractivity (Wildman–Crippen MR) is 109 cm³/mol. The van der Waals surface area contributed by atoms with Crippen LogP contribution in [0.15, 0.2) is 53.1 Å². The number of nitrogens with one attached hydrogen (secondary N) is 1. The Bertz CT molecular complexity index is 1010. The van der Waals surface area contributed by atoms with E-state index >= 15 is 0 Å². The molecule has 1 aromatic heterocycles. The van der Waals surface area contributed by atoms with Crippen LogP contribution in [0.25, 0.3) is 11.3 Å². The molecule has 0 fully saturated rings. The van der Waals surface area contributed by atoms with Gasteiger partial charge in [0.05, 0.1) is 19.2 Å². The van der Waals surface area contributed by atoms with E-state index in [0.29, 0.717) is 24.4 Å². The molecule has 2 heterocycles. The van der Waals surface area contributed by atoms with Crippen LogP contribution in [-0.2, 0) is 24.1 Å². The first-order valence-electron chi connectivity index (χ1n) is 9.76. The number of amides is 1. The zero-order chi connectivity index (χ0) is 20.2. The van der Waals surface area contributed by atoms with Crippen molar-refractivity contribution in [3.8, 4) is 22.8 Å². The second kappa shape index (κ2) is 8.39. The fraction of sp³-hybridized carbons (Fsp3) is 0.304. The van der Waals surface area contributed by atoms with E-state index in [1.807, 2.05) is 42.5 Å². The minimum absolute atomic E-state index is 0.0871. The topological polar surface area (TPSA) is 73.6 Å². The summed E-state index contributed by atoms with van der Waals surface area (Å²) in [6.45, 7) is 2.59. The summed E-state index contributed by atoms with van der Waals surface area (Å²) in [5, 5.41) is 6.97. The van der Waals surface area contributed by atoms with Gasteiger partial charge in [-0.15, -0.1) is 0 Å². The van der Waals surface area contributed by atoms with Crippen molar-refractivity contribution in [3.05, 3.63) is 65.4 Å². The molecular weight excluding hydrogens is 368 g/mol. The Morgan fingerprint density at radius 1 is 1.24 bits per heavy atom. The van der Waals surface area contributed by atoms with E-state index in [1.165, 1.54) is 5.56 Å². The minimum Gasteiger partial charge on any atom is -0.496 e. The molecule has 0 spiro atoms. The summed E-state index contributed by atoms with van der Waals surface area (Å²) in [6, 6.07) is 15.6. The van der Waals surface area contributed by atoms with Crippen molar-refractivity contribution in [1.82, 2.24) is 10.5 Å². The lowest BCUT2D eigenvalue weighted by molar-refractivity contribution is -0.120. The van der Waals surface area contributed by atoms with Gasteiger partial charge in [0, 0.05) is 24.6 Å². The van der Waals surface area contributed by atoms with Crippen molar-refractivity contribution >= 4 is 5.91 Å². The lowest BCUT2D eigenvalue weighted by Crippen LogP contribution is -2.27. The maximum Gasteiger partial charge on any atom is 0.226 e. The standard InChI is InChI=1S/C23H24N2O4/c1-15-11-18-12-17(7-8-21(18)28-15)22-13-19(25-29-22)14-23(26)24-10-9-16-5-3-4-6-20(16)27-2/h3-8,12-13,15H,9-11,14H2,1-2H3,(H,24,26). The molecular formula is C23H24N2O4. The molecule has 6 nitrogen and oxygen atoms in total. The maximum atomic E-state index is 12.3. The van der Waals surface area contributed by atoms with Crippen molar-refractivity contribution in [2.75, 3.05) is 13.7 Å². The Kier molecular flexibility index (Phi) is 5.51. The van der Waals surface area contributed by atoms with Gasteiger partial charge in [-0.05, 0) is 48.7 Å². The SMILES string of the molecule is COc1ccccc1CCNC(=O)Cc1cc(-c2ccc3c(c2)CC(C)O3)on1. The molecule has 0 saturated heterocycles. The number of para-hydroxylation sites is 1. The number of carbonyl (C=O) groups excluding carboxylic acids is 1. The van der Waals surface area contributed by atoms with Crippen LogP contribution in [0.1, 0.15) is 23.7 Å². The minimum atomic E-state index is -0.0871. The highest BCUT2D eigenvalue weighted by atomic mass is 16.5. The van der Waals surface area contributed by atoms with E-state index in [-0.39, 0.29) is 18.4 Å². The molecule has 0 saturated carbocycles. The van der Waals surface area contributed by atoms with Gasteiger partial charge >= 0.3 is 0 Å². The summed E-state index contributed by atoms with van der Waals surface area (Å²) in [6.07, 6.45) is 1.97. The summed E-state index contributed by atoms with van der Waals surface area (Å²) in [5.41, 5.74) is 3.78. The highest BCUT2D eigenvalue weighted by Gasteiger charge is 2.20. The van der Waals surface area contributed by atoms with Crippen LogP contribution in [0, 0.1) is 0 Å². The smallest absolute Gasteiger partial charge is 0.226 e. The summed E-state index contributed by atoms with van der Waals surface area (Å²) in [5.74, 6) is 2.33. The van der Waals surface area contributed by atoms with Crippen molar-refractivity contribution < 1.29 is 18.8 Å². The molecule has 1 N–H and O–H groups in total. The van der Waals surface area contributed by atoms with Gasteiger partial charge in [0.15, 0.2) is 5.76 Å². The average molecular weight is 392 g/mol. The zero-order valence-corrected chi connectivity index (χ0v) is 16.6. The lowest BCUT2D eigenvalue weighted by Gasteiger charge is -2.08. The third kappa shape index (κ3) is 4.42. The zero-order valence-electron chi connectivity index (χ0n) is 16.6. The molecule has 1 aliphatic heterocycles. The molecule has 4 rings (SSSR count). The number of carbonyl (C=O) groups is 1. The van der Waals surface area contributed by atoms with Crippen LogP contribution >= 0.6 is 0 Å². The van der Waals surface area contributed by atoms with Crippen molar-refractivity contribution in [1.29, 1.82) is 0 Å². The molecule has 1 amide bonds. The molecule has 0 aliphatic carbocycles. The largest absolute Gasteiger partial charge is 0.496 e. The van der Waals surface area contributed by atoms with Gasteiger partial charge in [-0.1, -0.05) is 23.4 Å². The van der Waals surface area contributed by atoms with Gasteiger partial charge in [0.2, 0.25) is 5.91 Å². The number of methoxy groups -OCH3 is 1. The van der Waals surface area contributed by atoms with Gasteiger partial charge < -0.3 is 19.3 Å². The lowest BCUT2D eigenvalue weighted by atomic mass is 10.1. The van der Waals surface area contributed by atoms with Crippen LogP contribution in [0.3, 0.4) is 0 Å². The van der Waals surface area contributed by atoms with Crippen LogP contribution < -0.4 is 14.8 Å². The first kappa shape index (κ1) is 19.1. The summed E-state index contributed by atoms with van der Waals surface area (Å²) >= 11 is 0. The number of rotatable bonds is 7. The van der Waals surface area contributed by atoms with Crippen LogP contribution in [0.4, 0.5) is 0 Å². The third-order valence-electron chi connectivity index (χ3n) is 4.99. The normalized spacial score (nSPS) is 14.9. The number of aromatic nitrogens is 1. The Balaban J connectivity index is 1.32. The Labute approximate surface area is 169 Å². The molecule has 29 heavy (non-hydrogen) atoms. The number of hydrogen-bond acceptors (Lipinski definition) is 5. The molecule has 1 unspecified atom stereocenters. The van der Waals surface area contributed by atoms with E-state index < -0.39 is 0 Å². The quantitative estimate of drug-likeness (QED) is 0.665. The van der Waals surface area contributed by atoms with Crippen molar-refractivity contribution in [3.63, 3.8) is 0 Å². The summed E-state index contributed by atoms with van der Waals surface area (Å²) in [7, 11) is 1.65. The summed E-state index contributed by atoms with van der Waals surface area (Å²) in [4.78, 5) is 12.3. The third-order valence-corrected chi connectivity index (χ3v) is 4.99. The average Bonchev–Trinajstić information content (AvgIpc) is 3.33. The van der Waals surface area contributed by atoms with Crippen LogP contribution in [0.5, 0.6) is 11.5 Å². The molecule has 3 aromatic rings.